The molecule has 0 unspecified atom stereocenters. The van der Waals surface area contributed by atoms with Crippen molar-refractivity contribution in [3.05, 3.63) is 35.2 Å². The zero-order valence-electron chi connectivity index (χ0n) is 14.3. The van der Waals surface area contributed by atoms with Crippen LogP contribution in [0.3, 0.4) is 0 Å². The van der Waals surface area contributed by atoms with Crippen LogP contribution in [0.15, 0.2) is 29.6 Å². The minimum absolute atomic E-state index is 0. The van der Waals surface area contributed by atoms with E-state index in [4.69, 9.17) is 10.5 Å². The monoisotopic (exact) mass is 381 g/mol. The first-order chi connectivity index (χ1) is 11.7. The van der Waals surface area contributed by atoms with Gasteiger partial charge in [0.1, 0.15) is 0 Å². The number of carbonyl (C=O) groups excluding carboxylic acids is 1. The minimum atomic E-state index is -0.535. The standard InChI is InChI=1S/C18H23N3O2S.ClH/c1-2-13-3-5-14(6-4-13)15-11-24-17(20-15)21-16(22)18(12-19)7-9-23-10-8-18;/h3-6,11H,2,7-10,12,19H2,1H3,(H,20,21,22);1H. The van der Waals surface area contributed by atoms with E-state index in [1.807, 2.05) is 5.38 Å². The lowest BCUT2D eigenvalue weighted by Crippen LogP contribution is -2.46. The molecule has 1 aromatic carbocycles. The number of amides is 1. The first-order valence-corrected chi connectivity index (χ1v) is 9.19. The van der Waals surface area contributed by atoms with E-state index in [-0.39, 0.29) is 18.3 Å². The molecular weight excluding hydrogens is 358 g/mol. The first-order valence-electron chi connectivity index (χ1n) is 8.31. The van der Waals surface area contributed by atoms with Crippen molar-refractivity contribution >= 4 is 34.8 Å². The number of thiazole rings is 1. The fourth-order valence-electron chi connectivity index (χ4n) is 2.89. The van der Waals surface area contributed by atoms with E-state index in [2.05, 4.69) is 41.5 Å². The summed E-state index contributed by atoms with van der Waals surface area (Å²) in [6.45, 7) is 3.63. The van der Waals surface area contributed by atoms with Crippen LogP contribution in [0.25, 0.3) is 11.3 Å². The van der Waals surface area contributed by atoms with E-state index in [1.54, 1.807) is 0 Å². The molecule has 1 aliphatic rings. The highest BCUT2D eigenvalue weighted by molar-refractivity contribution is 7.14. The number of aryl methyl sites for hydroxylation is 1. The Morgan fingerprint density at radius 2 is 2.00 bits per heavy atom. The molecule has 2 aromatic rings. The Morgan fingerprint density at radius 3 is 2.60 bits per heavy atom. The maximum atomic E-state index is 12.7. The summed E-state index contributed by atoms with van der Waals surface area (Å²) in [4.78, 5) is 17.2. The van der Waals surface area contributed by atoms with E-state index >= 15 is 0 Å². The minimum Gasteiger partial charge on any atom is -0.381 e. The number of rotatable bonds is 5. The normalized spacial score (nSPS) is 16.1. The molecule has 3 N–H and O–H groups in total. The fourth-order valence-corrected chi connectivity index (χ4v) is 3.61. The molecule has 5 nitrogen and oxygen atoms in total. The Bertz CT molecular complexity index is 697. The number of aromatic nitrogens is 1. The third kappa shape index (κ3) is 4.39. The fraction of sp³-hybridized carbons (Fsp3) is 0.444. The van der Waals surface area contributed by atoms with Crippen molar-refractivity contribution < 1.29 is 9.53 Å². The molecule has 0 bridgehead atoms. The van der Waals surface area contributed by atoms with Gasteiger partial charge in [0.05, 0.1) is 11.1 Å². The van der Waals surface area contributed by atoms with Crippen LogP contribution in [0.1, 0.15) is 25.3 Å². The van der Waals surface area contributed by atoms with Crippen molar-refractivity contribution in [2.45, 2.75) is 26.2 Å². The molecule has 136 valence electrons. The molecule has 0 atom stereocenters. The van der Waals surface area contributed by atoms with Gasteiger partial charge in [0, 0.05) is 30.7 Å². The second-order valence-electron chi connectivity index (χ2n) is 6.14. The van der Waals surface area contributed by atoms with Crippen LogP contribution in [0.4, 0.5) is 5.13 Å². The molecule has 2 heterocycles. The van der Waals surface area contributed by atoms with Crippen molar-refractivity contribution in [1.29, 1.82) is 0 Å². The van der Waals surface area contributed by atoms with Gasteiger partial charge >= 0.3 is 0 Å². The van der Waals surface area contributed by atoms with Crippen LogP contribution in [-0.2, 0) is 16.0 Å². The van der Waals surface area contributed by atoms with Crippen LogP contribution in [0, 0.1) is 5.41 Å². The van der Waals surface area contributed by atoms with Crippen LogP contribution in [0.5, 0.6) is 0 Å². The molecule has 1 saturated heterocycles. The number of hydrogen-bond acceptors (Lipinski definition) is 5. The van der Waals surface area contributed by atoms with E-state index in [9.17, 15) is 4.79 Å². The summed E-state index contributed by atoms with van der Waals surface area (Å²) in [5.41, 5.74) is 8.59. The molecule has 1 amide bonds. The van der Waals surface area contributed by atoms with Crippen molar-refractivity contribution in [3.8, 4) is 11.3 Å². The predicted molar refractivity (Wildman–Crippen MR) is 104 cm³/mol. The highest BCUT2D eigenvalue weighted by atomic mass is 35.5. The Morgan fingerprint density at radius 1 is 1.32 bits per heavy atom. The van der Waals surface area contributed by atoms with E-state index in [0.717, 1.165) is 17.7 Å². The maximum absolute atomic E-state index is 12.7. The highest BCUT2D eigenvalue weighted by Gasteiger charge is 2.39. The SMILES string of the molecule is CCc1ccc(-c2csc(NC(=O)C3(CN)CCOCC3)n2)cc1.Cl. The van der Waals surface area contributed by atoms with Crippen molar-refractivity contribution in [3.63, 3.8) is 0 Å². The van der Waals surface area contributed by atoms with Gasteiger partial charge in [0.2, 0.25) is 5.91 Å². The average Bonchev–Trinajstić information content (AvgIpc) is 3.10. The lowest BCUT2D eigenvalue weighted by Gasteiger charge is -2.34. The number of halogens is 1. The Labute approximate surface area is 158 Å². The average molecular weight is 382 g/mol. The summed E-state index contributed by atoms with van der Waals surface area (Å²) < 4.78 is 5.36. The van der Waals surface area contributed by atoms with Gasteiger partial charge in [-0.15, -0.1) is 23.7 Å². The number of nitrogens with zero attached hydrogens (tertiary/aromatic N) is 1. The topological polar surface area (TPSA) is 77.2 Å². The van der Waals surface area contributed by atoms with Gasteiger partial charge in [0.25, 0.3) is 0 Å². The second-order valence-corrected chi connectivity index (χ2v) is 7.00. The largest absolute Gasteiger partial charge is 0.381 e. The first kappa shape index (κ1) is 19.8. The third-order valence-corrected chi connectivity index (χ3v) is 5.46. The lowest BCUT2D eigenvalue weighted by atomic mass is 9.79. The predicted octanol–water partition coefficient (Wildman–Crippen LogP) is 3.49. The molecule has 1 fully saturated rings. The number of carbonyl (C=O) groups is 1. The molecule has 0 aliphatic carbocycles. The Kier molecular flexibility index (Phi) is 6.95. The summed E-state index contributed by atoms with van der Waals surface area (Å²) in [6.07, 6.45) is 2.33. The number of nitrogens with one attached hydrogen (secondary N) is 1. The Hall–Kier alpha value is -1.47. The van der Waals surface area contributed by atoms with E-state index < -0.39 is 5.41 Å². The smallest absolute Gasteiger partial charge is 0.233 e. The zero-order chi connectivity index (χ0) is 17.0. The van der Waals surface area contributed by atoms with Gasteiger partial charge in [-0.1, -0.05) is 31.2 Å². The number of anilines is 1. The number of benzene rings is 1. The summed E-state index contributed by atoms with van der Waals surface area (Å²) in [6, 6.07) is 8.36. The van der Waals surface area contributed by atoms with Gasteiger partial charge < -0.3 is 15.8 Å². The van der Waals surface area contributed by atoms with Gasteiger partial charge in [-0.3, -0.25) is 4.79 Å². The van der Waals surface area contributed by atoms with Gasteiger partial charge in [0.15, 0.2) is 5.13 Å². The van der Waals surface area contributed by atoms with E-state index in [0.29, 0.717) is 37.7 Å². The van der Waals surface area contributed by atoms with Crippen molar-refractivity contribution in [2.24, 2.45) is 11.1 Å². The number of nitrogens with two attached hydrogens (primary N) is 1. The second kappa shape index (κ2) is 8.76. The number of ether oxygens (including phenoxy) is 1. The molecule has 7 heteroatoms. The third-order valence-electron chi connectivity index (χ3n) is 4.70. The molecular formula is C18H24ClN3O2S. The van der Waals surface area contributed by atoms with Gasteiger partial charge in [-0.05, 0) is 24.8 Å². The number of hydrogen-bond donors (Lipinski definition) is 2. The summed E-state index contributed by atoms with van der Waals surface area (Å²) in [5.74, 6) is -0.0458. The highest BCUT2D eigenvalue weighted by Crippen LogP contribution is 2.32. The zero-order valence-corrected chi connectivity index (χ0v) is 15.9. The van der Waals surface area contributed by atoms with Crippen LogP contribution in [-0.4, -0.2) is 30.6 Å². The maximum Gasteiger partial charge on any atom is 0.233 e. The summed E-state index contributed by atoms with van der Waals surface area (Å²) >= 11 is 1.44. The molecule has 0 spiro atoms. The van der Waals surface area contributed by atoms with Crippen LogP contribution < -0.4 is 11.1 Å². The van der Waals surface area contributed by atoms with E-state index in [1.165, 1.54) is 16.9 Å². The molecule has 1 aromatic heterocycles. The molecule has 0 radical (unpaired) electrons. The van der Waals surface area contributed by atoms with Gasteiger partial charge in [-0.2, -0.15) is 0 Å². The van der Waals surface area contributed by atoms with Crippen molar-refractivity contribution in [1.82, 2.24) is 4.98 Å². The van der Waals surface area contributed by atoms with Crippen molar-refractivity contribution in [2.75, 3.05) is 25.1 Å². The van der Waals surface area contributed by atoms with Crippen LogP contribution in [0.2, 0.25) is 0 Å². The lowest BCUT2D eigenvalue weighted by molar-refractivity contribution is -0.130. The van der Waals surface area contributed by atoms with Gasteiger partial charge in [-0.25, -0.2) is 4.98 Å². The van der Waals surface area contributed by atoms with Crippen LogP contribution >= 0.6 is 23.7 Å². The molecule has 0 saturated carbocycles. The molecule has 25 heavy (non-hydrogen) atoms. The Balaban J connectivity index is 0.00000225. The summed E-state index contributed by atoms with van der Waals surface area (Å²) in [7, 11) is 0. The summed E-state index contributed by atoms with van der Waals surface area (Å²) in [5, 5.41) is 5.54. The molecule has 1 aliphatic heterocycles. The molecule has 3 rings (SSSR count). The quantitative estimate of drug-likeness (QED) is 0.831.